The van der Waals surface area contributed by atoms with Gasteiger partial charge in [-0.05, 0) is 31.3 Å². The molecule has 1 aliphatic heterocycles. The lowest BCUT2D eigenvalue weighted by molar-refractivity contribution is 0.400. The zero-order valence-corrected chi connectivity index (χ0v) is 9.49. The molecule has 0 bridgehead atoms. The van der Waals surface area contributed by atoms with Gasteiger partial charge < -0.3 is 9.73 Å². The molecular weight excluding hydrogens is 190 g/mol. The summed E-state index contributed by atoms with van der Waals surface area (Å²) < 4.78 is 5.61. The van der Waals surface area contributed by atoms with Crippen molar-refractivity contribution in [3.05, 3.63) is 11.8 Å². The number of nitrogens with one attached hydrogen (secondary N) is 1. The fourth-order valence-electron chi connectivity index (χ4n) is 1.94. The Morgan fingerprint density at radius 2 is 2.20 bits per heavy atom. The molecule has 84 valence electrons. The van der Waals surface area contributed by atoms with E-state index in [2.05, 4.69) is 29.4 Å². The Bertz CT molecular complexity index is 303. The second-order valence-corrected chi connectivity index (χ2v) is 4.75. The van der Waals surface area contributed by atoms with Crippen LogP contribution in [0.4, 0.5) is 0 Å². The lowest BCUT2D eigenvalue weighted by Crippen LogP contribution is -2.10. The van der Waals surface area contributed by atoms with E-state index in [9.17, 15) is 0 Å². The smallest absolute Gasteiger partial charge is 0.216 e. The molecular formula is C11H19N3O. The molecule has 0 aromatic carbocycles. The Balaban J connectivity index is 1.88. The summed E-state index contributed by atoms with van der Waals surface area (Å²) >= 11 is 0. The van der Waals surface area contributed by atoms with Crippen molar-refractivity contribution in [3.8, 4) is 0 Å². The minimum Gasteiger partial charge on any atom is -0.425 e. The minimum atomic E-state index is 0.575. The predicted octanol–water partition coefficient (Wildman–Crippen LogP) is 1.42. The van der Waals surface area contributed by atoms with Crippen LogP contribution in [-0.4, -0.2) is 23.3 Å². The molecule has 1 saturated heterocycles. The highest BCUT2D eigenvalue weighted by molar-refractivity contribution is 4.87. The predicted molar refractivity (Wildman–Crippen MR) is 57.5 cm³/mol. The third kappa shape index (κ3) is 3.02. The van der Waals surface area contributed by atoms with Gasteiger partial charge in [0.15, 0.2) is 0 Å². The van der Waals surface area contributed by atoms with Gasteiger partial charge in [-0.1, -0.05) is 13.8 Å². The van der Waals surface area contributed by atoms with E-state index in [1.807, 2.05) is 0 Å². The average molecular weight is 209 g/mol. The summed E-state index contributed by atoms with van der Waals surface area (Å²) in [4.78, 5) is 0. The monoisotopic (exact) mass is 209 g/mol. The summed E-state index contributed by atoms with van der Waals surface area (Å²) in [6.45, 7) is 6.52. The quantitative estimate of drug-likeness (QED) is 0.814. The lowest BCUT2D eigenvalue weighted by atomic mass is 10.1. The highest BCUT2D eigenvalue weighted by Crippen LogP contribution is 2.15. The molecule has 2 rings (SSSR count). The number of rotatable bonds is 4. The lowest BCUT2D eigenvalue weighted by Gasteiger charge is -2.02. The maximum Gasteiger partial charge on any atom is 0.216 e. The van der Waals surface area contributed by atoms with Gasteiger partial charge in [-0.3, -0.25) is 0 Å². The zero-order chi connectivity index (χ0) is 10.7. The summed E-state index contributed by atoms with van der Waals surface area (Å²) in [5.74, 6) is 2.84. The Labute approximate surface area is 90.5 Å². The van der Waals surface area contributed by atoms with Gasteiger partial charge in [0.05, 0.1) is 0 Å². The van der Waals surface area contributed by atoms with E-state index in [0.29, 0.717) is 11.8 Å². The van der Waals surface area contributed by atoms with Gasteiger partial charge in [0.2, 0.25) is 11.8 Å². The van der Waals surface area contributed by atoms with Crippen molar-refractivity contribution < 1.29 is 4.42 Å². The molecule has 0 saturated carbocycles. The van der Waals surface area contributed by atoms with Crippen LogP contribution in [0.15, 0.2) is 4.42 Å². The molecule has 1 unspecified atom stereocenters. The number of aromatic nitrogens is 2. The molecule has 2 heterocycles. The highest BCUT2D eigenvalue weighted by Gasteiger charge is 2.18. The first-order valence-corrected chi connectivity index (χ1v) is 5.76. The van der Waals surface area contributed by atoms with E-state index in [1.165, 1.54) is 6.42 Å². The average Bonchev–Trinajstić information content (AvgIpc) is 2.77. The van der Waals surface area contributed by atoms with Crippen molar-refractivity contribution >= 4 is 0 Å². The second-order valence-electron chi connectivity index (χ2n) is 4.75. The molecule has 4 nitrogen and oxygen atoms in total. The summed E-state index contributed by atoms with van der Waals surface area (Å²) in [6.07, 6.45) is 3.04. The maximum atomic E-state index is 5.61. The first kappa shape index (κ1) is 10.6. The molecule has 0 amide bonds. The Hall–Kier alpha value is -0.900. The Kier molecular flexibility index (Phi) is 3.36. The largest absolute Gasteiger partial charge is 0.425 e. The minimum absolute atomic E-state index is 0.575. The van der Waals surface area contributed by atoms with Crippen molar-refractivity contribution in [2.75, 3.05) is 13.1 Å². The summed E-state index contributed by atoms with van der Waals surface area (Å²) in [5, 5.41) is 11.5. The molecule has 1 aliphatic rings. The van der Waals surface area contributed by atoms with E-state index in [1.54, 1.807) is 0 Å². The molecule has 1 fully saturated rings. The molecule has 0 aliphatic carbocycles. The van der Waals surface area contributed by atoms with Crippen molar-refractivity contribution in [1.82, 2.24) is 15.5 Å². The molecule has 0 spiro atoms. The second kappa shape index (κ2) is 4.75. The van der Waals surface area contributed by atoms with Crippen LogP contribution in [0.25, 0.3) is 0 Å². The van der Waals surface area contributed by atoms with Crippen LogP contribution in [0, 0.1) is 11.8 Å². The summed E-state index contributed by atoms with van der Waals surface area (Å²) in [5.41, 5.74) is 0. The van der Waals surface area contributed by atoms with Gasteiger partial charge in [0, 0.05) is 12.8 Å². The van der Waals surface area contributed by atoms with Gasteiger partial charge in [0.1, 0.15) is 0 Å². The summed E-state index contributed by atoms with van der Waals surface area (Å²) in [6, 6.07) is 0. The maximum absolute atomic E-state index is 5.61. The molecule has 15 heavy (non-hydrogen) atoms. The van der Waals surface area contributed by atoms with Crippen molar-refractivity contribution in [2.24, 2.45) is 11.8 Å². The SMILES string of the molecule is CC(C)Cc1nnc(CC2CCNC2)o1. The molecule has 1 atom stereocenters. The fraction of sp³-hybridized carbons (Fsp3) is 0.818. The van der Waals surface area contributed by atoms with Crippen molar-refractivity contribution in [2.45, 2.75) is 33.1 Å². The van der Waals surface area contributed by atoms with Gasteiger partial charge in [-0.15, -0.1) is 10.2 Å². The van der Waals surface area contributed by atoms with Crippen LogP contribution in [0.1, 0.15) is 32.0 Å². The Morgan fingerprint density at radius 1 is 1.40 bits per heavy atom. The number of hydrogen-bond donors (Lipinski definition) is 1. The number of nitrogens with zero attached hydrogens (tertiary/aromatic N) is 2. The van der Waals surface area contributed by atoms with E-state index in [-0.39, 0.29) is 0 Å². The normalized spacial score (nSPS) is 21.4. The first-order chi connectivity index (χ1) is 7.24. The first-order valence-electron chi connectivity index (χ1n) is 5.76. The number of hydrogen-bond acceptors (Lipinski definition) is 4. The van der Waals surface area contributed by atoms with Gasteiger partial charge in [0.25, 0.3) is 0 Å². The van der Waals surface area contributed by atoms with Crippen molar-refractivity contribution in [3.63, 3.8) is 0 Å². The third-order valence-corrected chi connectivity index (χ3v) is 2.72. The van der Waals surface area contributed by atoms with Crippen molar-refractivity contribution in [1.29, 1.82) is 0 Å². The molecule has 1 aromatic rings. The molecule has 1 aromatic heterocycles. The van der Waals surface area contributed by atoms with Crippen LogP contribution in [-0.2, 0) is 12.8 Å². The van der Waals surface area contributed by atoms with E-state index >= 15 is 0 Å². The Morgan fingerprint density at radius 3 is 2.87 bits per heavy atom. The van der Waals surface area contributed by atoms with Gasteiger partial charge in [-0.2, -0.15) is 0 Å². The van der Waals surface area contributed by atoms with Crippen LogP contribution in [0.3, 0.4) is 0 Å². The molecule has 1 N–H and O–H groups in total. The van der Waals surface area contributed by atoms with Crippen LogP contribution < -0.4 is 5.32 Å². The summed E-state index contributed by atoms with van der Waals surface area (Å²) in [7, 11) is 0. The fourth-order valence-corrected chi connectivity index (χ4v) is 1.94. The van der Waals surface area contributed by atoms with E-state index in [4.69, 9.17) is 4.42 Å². The topological polar surface area (TPSA) is 51.0 Å². The van der Waals surface area contributed by atoms with Crippen LogP contribution >= 0.6 is 0 Å². The highest BCUT2D eigenvalue weighted by atomic mass is 16.4. The van der Waals surface area contributed by atoms with Gasteiger partial charge >= 0.3 is 0 Å². The van der Waals surface area contributed by atoms with E-state index in [0.717, 1.165) is 37.7 Å². The molecule has 4 heteroatoms. The molecule has 0 radical (unpaired) electrons. The third-order valence-electron chi connectivity index (χ3n) is 2.72. The zero-order valence-electron chi connectivity index (χ0n) is 9.49. The van der Waals surface area contributed by atoms with E-state index < -0.39 is 0 Å². The standard InChI is InChI=1S/C11H19N3O/c1-8(2)5-10-13-14-11(15-10)6-9-3-4-12-7-9/h8-9,12H,3-7H2,1-2H3. The van der Waals surface area contributed by atoms with Gasteiger partial charge in [-0.25, -0.2) is 0 Å². The van der Waals surface area contributed by atoms with Crippen LogP contribution in [0.5, 0.6) is 0 Å². The van der Waals surface area contributed by atoms with Crippen LogP contribution in [0.2, 0.25) is 0 Å².